The Morgan fingerprint density at radius 3 is 2.45 bits per heavy atom. The number of hydrogen-bond donors (Lipinski definition) is 1. The zero-order valence-corrected chi connectivity index (χ0v) is 20.0. The van der Waals surface area contributed by atoms with Gasteiger partial charge < -0.3 is 15.0 Å². The van der Waals surface area contributed by atoms with Gasteiger partial charge in [0.15, 0.2) is 5.82 Å². The second-order valence-electron chi connectivity index (χ2n) is 8.35. The lowest BCUT2D eigenvalue weighted by Crippen LogP contribution is -2.20. The van der Waals surface area contributed by atoms with Crippen LogP contribution in [0.2, 0.25) is 0 Å². The summed E-state index contributed by atoms with van der Waals surface area (Å²) in [4.78, 5) is 1.94. The third kappa shape index (κ3) is 4.68. The average molecular weight is 445 g/mol. The van der Waals surface area contributed by atoms with Gasteiger partial charge in [-0.2, -0.15) is 10.2 Å². The van der Waals surface area contributed by atoms with Gasteiger partial charge in [-0.05, 0) is 44.6 Å². The molecule has 2 aromatic heterocycles. The molecule has 0 aliphatic rings. The van der Waals surface area contributed by atoms with Gasteiger partial charge in [-0.25, -0.2) is 4.68 Å². The average Bonchev–Trinajstić information content (AvgIpc) is 3.17. The van der Waals surface area contributed by atoms with Crippen LogP contribution in [0.4, 0.5) is 5.82 Å². The fraction of sp³-hybridized carbons (Fsp3) is 0.346. The second-order valence-corrected chi connectivity index (χ2v) is 8.35. The summed E-state index contributed by atoms with van der Waals surface area (Å²) >= 11 is 0. The molecule has 0 bridgehead atoms. The second kappa shape index (κ2) is 10.0. The third-order valence-corrected chi connectivity index (χ3v) is 5.78. The molecule has 4 aromatic rings. The highest BCUT2D eigenvalue weighted by atomic mass is 16.5. The normalized spacial score (nSPS) is 12.2. The lowest BCUT2D eigenvalue weighted by atomic mass is 10.1. The maximum Gasteiger partial charge on any atom is 0.179 e. The number of fused-ring (bicyclic) bond motifs is 1. The number of anilines is 1. The van der Waals surface area contributed by atoms with Crippen molar-refractivity contribution in [2.24, 2.45) is 0 Å². The highest BCUT2D eigenvalue weighted by Gasteiger charge is 2.21. The van der Waals surface area contributed by atoms with Crippen LogP contribution in [0.3, 0.4) is 0 Å². The van der Waals surface area contributed by atoms with E-state index in [0.29, 0.717) is 0 Å². The van der Waals surface area contributed by atoms with Gasteiger partial charge in [0.1, 0.15) is 23.1 Å². The molecule has 0 amide bonds. The minimum Gasteiger partial charge on any atom is -0.483 e. The molecular weight excluding hydrogens is 412 g/mol. The molecule has 0 radical (unpaired) electrons. The molecule has 0 aliphatic carbocycles. The highest BCUT2D eigenvalue weighted by Crippen LogP contribution is 2.33. The molecule has 7 nitrogen and oxygen atoms in total. The molecule has 0 saturated carbocycles. The summed E-state index contributed by atoms with van der Waals surface area (Å²) in [7, 11) is 3.91. The van der Waals surface area contributed by atoms with Crippen LogP contribution in [-0.4, -0.2) is 47.2 Å². The number of aromatic nitrogens is 4. The first-order chi connectivity index (χ1) is 16.0. The lowest BCUT2D eigenvalue weighted by Gasteiger charge is -2.22. The molecule has 0 spiro atoms. The first-order valence-electron chi connectivity index (χ1n) is 11.4. The number of aryl methyl sites for hydroxylation is 2. The van der Waals surface area contributed by atoms with E-state index in [2.05, 4.69) is 53.6 Å². The summed E-state index contributed by atoms with van der Waals surface area (Å²) in [5.74, 6) is 1.55. The van der Waals surface area contributed by atoms with Gasteiger partial charge >= 0.3 is 0 Å². The quantitative estimate of drug-likeness (QED) is 0.380. The summed E-state index contributed by atoms with van der Waals surface area (Å²) in [6, 6.07) is 18.5. The molecule has 7 heteroatoms. The van der Waals surface area contributed by atoms with E-state index in [1.54, 1.807) is 0 Å². The Hall–Kier alpha value is -3.45. The first-order valence-corrected chi connectivity index (χ1v) is 11.4. The van der Waals surface area contributed by atoms with E-state index in [4.69, 9.17) is 9.84 Å². The van der Waals surface area contributed by atoms with Gasteiger partial charge in [0.25, 0.3) is 0 Å². The Balaban J connectivity index is 1.77. The van der Waals surface area contributed by atoms with Crippen molar-refractivity contribution in [2.45, 2.75) is 33.3 Å². The molecule has 0 fully saturated rings. The fourth-order valence-electron chi connectivity index (χ4n) is 4.10. The van der Waals surface area contributed by atoms with Crippen LogP contribution in [0.1, 0.15) is 36.4 Å². The lowest BCUT2D eigenvalue weighted by molar-refractivity contribution is 0.193. The molecule has 0 aliphatic heterocycles. The van der Waals surface area contributed by atoms with Crippen molar-refractivity contribution in [1.29, 1.82) is 0 Å². The van der Waals surface area contributed by atoms with Crippen LogP contribution in [0, 0.1) is 13.8 Å². The SMILES string of the molecule is CCNCC[C@@H](Oc1ccccc1-n1nc2c(N(C)C)nnc(C)c2c1C)c1ccccc1. The van der Waals surface area contributed by atoms with E-state index in [0.717, 1.165) is 64.6 Å². The minimum atomic E-state index is -0.0703. The molecule has 0 saturated heterocycles. The van der Waals surface area contributed by atoms with E-state index in [9.17, 15) is 0 Å². The molecule has 1 atom stereocenters. The van der Waals surface area contributed by atoms with Gasteiger partial charge in [0.05, 0.1) is 16.8 Å². The highest BCUT2D eigenvalue weighted by molar-refractivity contribution is 5.92. The number of rotatable bonds is 9. The Labute approximate surface area is 195 Å². The number of benzene rings is 2. The van der Waals surface area contributed by atoms with Gasteiger partial charge in [-0.15, -0.1) is 5.10 Å². The number of ether oxygens (including phenoxy) is 1. The maximum atomic E-state index is 6.65. The van der Waals surface area contributed by atoms with Crippen molar-refractivity contribution >= 4 is 16.7 Å². The molecule has 2 aromatic carbocycles. The Morgan fingerprint density at radius 1 is 1.00 bits per heavy atom. The van der Waals surface area contributed by atoms with Gasteiger partial charge in [-0.3, -0.25) is 0 Å². The standard InChI is InChI=1S/C26H32N6O/c1-6-27-17-16-22(20-12-8-7-9-13-20)33-23-15-11-10-14-21(23)32-19(3)24-18(2)28-29-26(31(4)5)25(24)30-32/h7-15,22,27H,6,16-17H2,1-5H3/t22-/m1/s1. The largest absolute Gasteiger partial charge is 0.483 e. The monoisotopic (exact) mass is 444 g/mol. The van der Waals surface area contributed by atoms with Crippen molar-refractivity contribution in [3.05, 3.63) is 71.5 Å². The van der Waals surface area contributed by atoms with Crippen LogP contribution in [0.5, 0.6) is 5.75 Å². The van der Waals surface area contributed by atoms with E-state index in [1.165, 1.54) is 0 Å². The molecule has 172 valence electrons. The zero-order valence-electron chi connectivity index (χ0n) is 20.0. The number of para-hydroxylation sites is 2. The van der Waals surface area contributed by atoms with E-state index in [1.807, 2.05) is 60.9 Å². The number of hydrogen-bond acceptors (Lipinski definition) is 6. The van der Waals surface area contributed by atoms with Crippen molar-refractivity contribution < 1.29 is 4.74 Å². The summed E-state index contributed by atoms with van der Waals surface area (Å²) < 4.78 is 8.60. The van der Waals surface area contributed by atoms with Crippen LogP contribution >= 0.6 is 0 Å². The van der Waals surface area contributed by atoms with Gasteiger partial charge in [0.2, 0.25) is 0 Å². The molecule has 1 N–H and O–H groups in total. The van der Waals surface area contributed by atoms with Gasteiger partial charge in [0, 0.05) is 20.5 Å². The Bertz CT molecular complexity index is 1220. The summed E-state index contributed by atoms with van der Waals surface area (Å²) in [6.45, 7) is 7.98. The van der Waals surface area contributed by atoms with Gasteiger partial charge in [-0.1, -0.05) is 49.4 Å². The van der Waals surface area contributed by atoms with Crippen molar-refractivity contribution in [3.63, 3.8) is 0 Å². The Kier molecular flexibility index (Phi) is 6.89. The first kappa shape index (κ1) is 22.7. The van der Waals surface area contributed by atoms with Crippen LogP contribution < -0.4 is 15.0 Å². The van der Waals surface area contributed by atoms with Crippen molar-refractivity contribution in [2.75, 3.05) is 32.1 Å². The molecule has 0 unspecified atom stereocenters. The van der Waals surface area contributed by atoms with Crippen molar-refractivity contribution in [3.8, 4) is 11.4 Å². The van der Waals surface area contributed by atoms with Crippen LogP contribution in [-0.2, 0) is 0 Å². The zero-order chi connectivity index (χ0) is 23.4. The predicted molar refractivity (Wildman–Crippen MR) is 133 cm³/mol. The Morgan fingerprint density at radius 2 is 1.73 bits per heavy atom. The molecule has 4 rings (SSSR count). The molecule has 33 heavy (non-hydrogen) atoms. The number of nitrogens with zero attached hydrogens (tertiary/aromatic N) is 5. The van der Waals surface area contributed by atoms with Crippen molar-refractivity contribution in [1.82, 2.24) is 25.3 Å². The minimum absolute atomic E-state index is 0.0703. The van der Waals surface area contributed by atoms with E-state index < -0.39 is 0 Å². The van der Waals surface area contributed by atoms with E-state index in [-0.39, 0.29) is 6.10 Å². The fourth-order valence-corrected chi connectivity index (χ4v) is 4.10. The van der Waals surface area contributed by atoms with Crippen LogP contribution in [0.25, 0.3) is 16.6 Å². The third-order valence-electron chi connectivity index (χ3n) is 5.78. The molecular formula is C26H32N6O. The summed E-state index contributed by atoms with van der Waals surface area (Å²) in [5.41, 5.74) is 4.78. The van der Waals surface area contributed by atoms with E-state index >= 15 is 0 Å². The predicted octanol–water partition coefficient (Wildman–Crippen LogP) is 4.62. The number of nitrogens with one attached hydrogen (secondary N) is 1. The summed E-state index contributed by atoms with van der Waals surface area (Å²) in [6.07, 6.45) is 0.795. The summed E-state index contributed by atoms with van der Waals surface area (Å²) in [5, 5.41) is 18.1. The topological polar surface area (TPSA) is 68.1 Å². The molecule has 2 heterocycles. The van der Waals surface area contributed by atoms with Crippen LogP contribution in [0.15, 0.2) is 54.6 Å². The smallest absolute Gasteiger partial charge is 0.179 e. The maximum absolute atomic E-state index is 6.65.